The number of hydrogen-bond donors (Lipinski definition) is 2. The van der Waals surface area contributed by atoms with Crippen LogP contribution in [0, 0.1) is 0 Å². The topological polar surface area (TPSA) is 121 Å². The van der Waals surface area contributed by atoms with Crippen LogP contribution < -0.4 is 0 Å². The van der Waals surface area contributed by atoms with Crippen molar-refractivity contribution in [3.8, 4) is 0 Å². The molecule has 0 unspecified atom stereocenters. The number of unbranched alkanes of at least 4 members (excludes halogenated alkanes) is 8. The summed E-state index contributed by atoms with van der Waals surface area (Å²) >= 11 is 0. The van der Waals surface area contributed by atoms with Gasteiger partial charge in [0, 0.05) is 12.8 Å². The third-order valence-corrected chi connectivity index (χ3v) is 6.95. The number of ether oxygens (including phenoxy) is 5. The van der Waals surface area contributed by atoms with Gasteiger partial charge >= 0.3 is 11.9 Å². The molecule has 1 fully saturated rings. The quantitative estimate of drug-likeness (QED) is 0.0652. The molecule has 1 aliphatic heterocycles. The molecule has 1 saturated heterocycles. The number of aliphatic hydroxyl groups is 2. The van der Waals surface area contributed by atoms with Crippen LogP contribution >= 0.6 is 0 Å². The van der Waals surface area contributed by atoms with Crippen LogP contribution in [0.3, 0.4) is 0 Å². The summed E-state index contributed by atoms with van der Waals surface area (Å²) in [7, 11) is 0. The molecule has 9 heteroatoms. The minimum Gasteiger partial charge on any atom is -0.460 e. The number of aliphatic hydroxyl groups excluding tert-OH is 1. The molecule has 2 N–H and O–H groups in total. The number of hydrogen-bond acceptors (Lipinski definition) is 9. The van der Waals surface area contributed by atoms with E-state index in [1.807, 2.05) is 0 Å². The highest BCUT2D eigenvalue weighted by atomic mass is 16.7. The first-order chi connectivity index (χ1) is 19.8. The van der Waals surface area contributed by atoms with E-state index in [9.17, 15) is 19.8 Å². The maximum Gasteiger partial charge on any atom is 0.342 e. The van der Waals surface area contributed by atoms with Crippen LogP contribution in [0.5, 0.6) is 0 Å². The number of esters is 2. The second-order valence-corrected chi connectivity index (χ2v) is 14.3. The van der Waals surface area contributed by atoms with Crippen LogP contribution in [0.2, 0.25) is 0 Å². The lowest BCUT2D eigenvalue weighted by Crippen LogP contribution is -2.58. The van der Waals surface area contributed by atoms with Crippen molar-refractivity contribution in [1.29, 1.82) is 0 Å². The van der Waals surface area contributed by atoms with Gasteiger partial charge in [0.2, 0.25) is 5.60 Å². The fourth-order valence-electron chi connectivity index (χ4n) is 5.14. The first-order valence-electron chi connectivity index (χ1n) is 16.3. The number of allylic oxidation sites excluding steroid dienone is 1. The van der Waals surface area contributed by atoms with Crippen molar-refractivity contribution in [2.75, 3.05) is 13.2 Å². The van der Waals surface area contributed by atoms with Crippen LogP contribution in [0.4, 0.5) is 0 Å². The number of carbonyl (C=O) groups excluding carboxylic acids is 2. The Hall–Kier alpha value is -1.52. The molecule has 1 heterocycles. The van der Waals surface area contributed by atoms with E-state index in [1.165, 1.54) is 45.6 Å². The Labute approximate surface area is 261 Å². The zero-order valence-corrected chi connectivity index (χ0v) is 28.6. The van der Waals surface area contributed by atoms with Gasteiger partial charge in [0.15, 0.2) is 11.6 Å². The Morgan fingerprint density at radius 3 is 1.81 bits per heavy atom. The normalized spacial score (nSPS) is 18.0. The van der Waals surface area contributed by atoms with E-state index in [0.29, 0.717) is 19.6 Å². The fraction of sp³-hybridized carbons (Fsp3) is 0.882. The summed E-state index contributed by atoms with van der Waals surface area (Å²) < 4.78 is 28.8. The van der Waals surface area contributed by atoms with Crippen molar-refractivity contribution in [2.45, 2.75) is 180 Å². The Kier molecular flexibility index (Phi) is 16.4. The molecule has 2 atom stereocenters. The summed E-state index contributed by atoms with van der Waals surface area (Å²) in [4.78, 5) is 26.4. The molecule has 9 nitrogen and oxygen atoms in total. The third kappa shape index (κ3) is 16.4. The molecule has 0 aliphatic carbocycles. The van der Waals surface area contributed by atoms with Crippen LogP contribution in [0.15, 0.2) is 12.2 Å². The van der Waals surface area contributed by atoms with Crippen molar-refractivity contribution in [2.24, 2.45) is 0 Å². The fourth-order valence-corrected chi connectivity index (χ4v) is 5.14. The zero-order valence-electron chi connectivity index (χ0n) is 28.6. The van der Waals surface area contributed by atoms with Crippen molar-refractivity contribution >= 4 is 11.9 Å². The standard InChI is InChI=1S/C34H62O9/c1-10-11-12-16-19-22-33(39-24-25-40-33)23-20-17-14-13-15-18-21-27(35)34(43-32(8,9)38,29(37)42-31(5,6)7)26-28(36)41-30(2,3)4/h18,21,27,35,38H,10-17,19-20,22-26H2,1-9H3/b21-18+/t27-,34-/m0/s1. The van der Waals surface area contributed by atoms with E-state index in [2.05, 4.69) is 6.92 Å². The lowest BCUT2D eigenvalue weighted by molar-refractivity contribution is -0.273. The second kappa shape index (κ2) is 17.8. The van der Waals surface area contributed by atoms with Gasteiger partial charge in [0.1, 0.15) is 17.3 Å². The minimum absolute atomic E-state index is 0.421. The Morgan fingerprint density at radius 1 is 0.814 bits per heavy atom. The van der Waals surface area contributed by atoms with Crippen molar-refractivity contribution in [3.63, 3.8) is 0 Å². The van der Waals surface area contributed by atoms with Gasteiger partial charge in [-0.05, 0) is 81.1 Å². The van der Waals surface area contributed by atoms with Gasteiger partial charge in [0.25, 0.3) is 0 Å². The predicted octanol–water partition coefficient (Wildman–Crippen LogP) is 6.91. The van der Waals surface area contributed by atoms with Gasteiger partial charge in [-0.3, -0.25) is 4.79 Å². The second-order valence-electron chi connectivity index (χ2n) is 14.3. The smallest absolute Gasteiger partial charge is 0.342 e. The summed E-state index contributed by atoms with van der Waals surface area (Å²) in [6.07, 6.45) is 13.5. The molecule has 0 radical (unpaired) electrons. The highest BCUT2D eigenvalue weighted by molar-refractivity contribution is 5.87. The summed E-state index contributed by atoms with van der Waals surface area (Å²) in [6.45, 7) is 16.3. The molecule has 0 saturated carbocycles. The van der Waals surface area contributed by atoms with E-state index in [-0.39, 0.29) is 0 Å². The van der Waals surface area contributed by atoms with Gasteiger partial charge in [-0.15, -0.1) is 0 Å². The number of rotatable bonds is 20. The summed E-state index contributed by atoms with van der Waals surface area (Å²) in [5, 5.41) is 21.8. The van der Waals surface area contributed by atoms with Crippen molar-refractivity contribution in [1.82, 2.24) is 0 Å². The predicted molar refractivity (Wildman–Crippen MR) is 167 cm³/mol. The highest BCUT2D eigenvalue weighted by Crippen LogP contribution is 2.33. The molecule has 0 aromatic rings. The van der Waals surface area contributed by atoms with Gasteiger partial charge in [0.05, 0.1) is 19.6 Å². The monoisotopic (exact) mass is 614 g/mol. The average molecular weight is 615 g/mol. The molecule has 1 aliphatic rings. The largest absolute Gasteiger partial charge is 0.460 e. The molecule has 0 aromatic heterocycles. The Morgan fingerprint density at radius 2 is 1.33 bits per heavy atom. The Bertz CT molecular complexity index is 841. The minimum atomic E-state index is -2.21. The molecule has 0 spiro atoms. The molecule has 0 amide bonds. The van der Waals surface area contributed by atoms with Crippen LogP contribution in [0.1, 0.15) is 146 Å². The third-order valence-electron chi connectivity index (χ3n) is 6.95. The first kappa shape index (κ1) is 39.5. The van der Waals surface area contributed by atoms with Crippen LogP contribution in [0.25, 0.3) is 0 Å². The summed E-state index contributed by atoms with van der Waals surface area (Å²) in [5.74, 6) is -3.99. The van der Waals surface area contributed by atoms with Crippen molar-refractivity contribution < 1.29 is 43.5 Å². The van der Waals surface area contributed by atoms with Gasteiger partial charge in [-0.1, -0.05) is 57.6 Å². The van der Waals surface area contributed by atoms with Gasteiger partial charge in [-0.2, -0.15) is 0 Å². The molecule has 43 heavy (non-hydrogen) atoms. The Balaban J connectivity index is 2.79. The average Bonchev–Trinajstić information content (AvgIpc) is 3.30. The van der Waals surface area contributed by atoms with E-state index in [1.54, 1.807) is 47.6 Å². The molecule has 0 bridgehead atoms. The molecular weight excluding hydrogens is 552 g/mol. The van der Waals surface area contributed by atoms with E-state index in [0.717, 1.165) is 44.9 Å². The molecule has 0 aromatic carbocycles. The van der Waals surface area contributed by atoms with E-state index in [4.69, 9.17) is 23.7 Å². The van der Waals surface area contributed by atoms with Gasteiger partial charge < -0.3 is 33.9 Å². The number of carbonyl (C=O) groups is 2. The van der Waals surface area contributed by atoms with Crippen LogP contribution in [-0.2, 0) is 33.3 Å². The summed E-state index contributed by atoms with van der Waals surface area (Å²) in [5.41, 5.74) is -3.96. The highest BCUT2D eigenvalue weighted by Gasteiger charge is 2.53. The van der Waals surface area contributed by atoms with E-state index >= 15 is 0 Å². The van der Waals surface area contributed by atoms with Crippen LogP contribution in [-0.4, -0.2) is 69.8 Å². The van der Waals surface area contributed by atoms with Gasteiger partial charge in [-0.25, -0.2) is 4.79 Å². The van der Waals surface area contributed by atoms with E-state index < -0.39 is 52.8 Å². The molecular formula is C34H62O9. The maximum atomic E-state index is 13.5. The molecule has 1 rings (SSSR count). The SMILES string of the molecule is CCCCCCCC1(CCCCCC/C=C/[C@H](O)[C@](CC(=O)OC(C)(C)C)(OC(C)(C)O)C(=O)OC(C)(C)C)OCCO1. The summed E-state index contributed by atoms with van der Waals surface area (Å²) in [6, 6.07) is 0. The lowest BCUT2D eigenvalue weighted by atomic mass is 9.90. The lowest BCUT2D eigenvalue weighted by Gasteiger charge is -2.40. The first-order valence-corrected chi connectivity index (χ1v) is 16.3. The van der Waals surface area contributed by atoms with Crippen molar-refractivity contribution in [3.05, 3.63) is 12.2 Å². The zero-order chi connectivity index (χ0) is 32.8. The maximum absolute atomic E-state index is 13.5. The molecule has 252 valence electrons.